The molecule has 0 saturated carbocycles. The van der Waals surface area contributed by atoms with Crippen molar-refractivity contribution in [3.05, 3.63) is 34.3 Å². The third kappa shape index (κ3) is 1.23. The molecule has 1 N–H and O–H groups in total. The lowest BCUT2D eigenvalue weighted by Crippen LogP contribution is -2.35. The number of amides is 3. The smallest absolute Gasteiger partial charge is 0.308 e. The minimum Gasteiger partial charge on any atom is -0.308 e. The third-order valence-electron chi connectivity index (χ3n) is 3.08. The van der Waals surface area contributed by atoms with E-state index < -0.39 is 6.04 Å². The Bertz CT molecular complexity index is 501. The summed E-state index contributed by atoms with van der Waals surface area (Å²) in [4.78, 5) is 24.7. The van der Waals surface area contributed by atoms with E-state index in [1.807, 2.05) is 12.1 Å². The van der Waals surface area contributed by atoms with Gasteiger partial charge >= 0.3 is 6.03 Å². The summed E-state index contributed by atoms with van der Waals surface area (Å²) in [5.41, 5.74) is 1.94. The highest BCUT2D eigenvalue weighted by Gasteiger charge is 2.42. The molecule has 0 aliphatic carbocycles. The largest absolute Gasteiger partial charge is 0.325 e. The van der Waals surface area contributed by atoms with Gasteiger partial charge < -0.3 is 4.90 Å². The van der Waals surface area contributed by atoms with Crippen LogP contribution >= 0.6 is 11.6 Å². The fourth-order valence-electron chi connectivity index (χ4n) is 2.33. The van der Waals surface area contributed by atoms with Crippen molar-refractivity contribution < 1.29 is 9.59 Å². The van der Waals surface area contributed by atoms with Crippen LogP contribution in [0, 0.1) is 0 Å². The Labute approximate surface area is 97.2 Å². The van der Waals surface area contributed by atoms with Crippen LogP contribution in [-0.2, 0) is 11.2 Å². The van der Waals surface area contributed by atoms with Gasteiger partial charge in [-0.3, -0.25) is 10.1 Å². The summed E-state index contributed by atoms with van der Waals surface area (Å²) in [5, 5.41) is 2.91. The molecule has 0 radical (unpaired) electrons. The number of halogens is 1. The van der Waals surface area contributed by atoms with Crippen LogP contribution in [0.25, 0.3) is 0 Å². The highest BCUT2D eigenvalue weighted by molar-refractivity contribution is 6.30. The number of rotatable bonds is 0. The van der Waals surface area contributed by atoms with Crippen molar-refractivity contribution in [2.45, 2.75) is 12.5 Å². The van der Waals surface area contributed by atoms with E-state index in [1.54, 1.807) is 11.0 Å². The molecule has 1 atom stereocenters. The van der Waals surface area contributed by atoms with Crippen molar-refractivity contribution >= 4 is 23.5 Å². The fraction of sp³-hybridized carbons (Fsp3) is 0.273. The molecule has 1 unspecified atom stereocenters. The summed E-state index contributed by atoms with van der Waals surface area (Å²) < 4.78 is 0. The lowest BCUT2D eigenvalue weighted by atomic mass is 9.93. The molecule has 2 heterocycles. The van der Waals surface area contributed by atoms with Gasteiger partial charge in [0.15, 0.2) is 0 Å². The molecule has 16 heavy (non-hydrogen) atoms. The van der Waals surface area contributed by atoms with Crippen LogP contribution in [0.15, 0.2) is 18.2 Å². The van der Waals surface area contributed by atoms with Gasteiger partial charge in [-0.1, -0.05) is 17.7 Å². The number of benzene rings is 1. The number of nitrogens with one attached hydrogen (secondary N) is 1. The number of hydrogen-bond donors (Lipinski definition) is 1. The zero-order valence-corrected chi connectivity index (χ0v) is 9.12. The molecule has 3 rings (SSSR count). The summed E-state index contributed by atoms with van der Waals surface area (Å²) >= 11 is 5.92. The van der Waals surface area contributed by atoms with Crippen LogP contribution in [0.2, 0.25) is 5.02 Å². The fourth-order valence-corrected chi connectivity index (χ4v) is 2.51. The summed E-state index contributed by atoms with van der Waals surface area (Å²) in [6.45, 7) is 0.580. The lowest BCUT2D eigenvalue weighted by Gasteiger charge is -2.29. The van der Waals surface area contributed by atoms with Crippen LogP contribution in [-0.4, -0.2) is 23.4 Å². The molecule has 2 aliphatic heterocycles. The summed E-state index contributed by atoms with van der Waals surface area (Å²) in [5.74, 6) is -0.256. The van der Waals surface area contributed by atoms with Gasteiger partial charge in [-0.05, 0) is 29.7 Å². The number of urea groups is 1. The number of imide groups is 1. The van der Waals surface area contributed by atoms with E-state index in [-0.39, 0.29) is 11.9 Å². The van der Waals surface area contributed by atoms with E-state index in [4.69, 9.17) is 11.6 Å². The van der Waals surface area contributed by atoms with Crippen LogP contribution in [0.5, 0.6) is 0 Å². The van der Waals surface area contributed by atoms with E-state index in [2.05, 4.69) is 5.32 Å². The zero-order chi connectivity index (χ0) is 11.3. The van der Waals surface area contributed by atoms with Gasteiger partial charge in [0, 0.05) is 11.6 Å². The van der Waals surface area contributed by atoms with Gasteiger partial charge in [-0.25, -0.2) is 4.79 Å². The third-order valence-corrected chi connectivity index (χ3v) is 3.31. The molecule has 4 nitrogen and oxygen atoms in total. The van der Waals surface area contributed by atoms with Crippen LogP contribution < -0.4 is 5.32 Å². The highest BCUT2D eigenvalue weighted by atomic mass is 35.5. The van der Waals surface area contributed by atoms with E-state index in [0.29, 0.717) is 11.6 Å². The predicted molar refractivity (Wildman–Crippen MR) is 58.1 cm³/mol. The first-order valence-electron chi connectivity index (χ1n) is 5.06. The monoisotopic (exact) mass is 236 g/mol. The van der Waals surface area contributed by atoms with Crippen molar-refractivity contribution in [1.29, 1.82) is 0 Å². The van der Waals surface area contributed by atoms with Crippen LogP contribution in [0.4, 0.5) is 4.79 Å². The average molecular weight is 237 g/mol. The molecular weight excluding hydrogens is 228 g/mol. The van der Waals surface area contributed by atoms with Gasteiger partial charge in [-0.2, -0.15) is 0 Å². The molecule has 3 amide bonds. The van der Waals surface area contributed by atoms with Gasteiger partial charge in [0.25, 0.3) is 5.91 Å². The highest BCUT2D eigenvalue weighted by Crippen LogP contribution is 2.34. The van der Waals surface area contributed by atoms with Gasteiger partial charge in [-0.15, -0.1) is 0 Å². The van der Waals surface area contributed by atoms with Crippen molar-refractivity contribution in [2.75, 3.05) is 6.54 Å². The maximum absolute atomic E-state index is 11.7. The van der Waals surface area contributed by atoms with E-state index in [9.17, 15) is 9.59 Å². The molecule has 1 fully saturated rings. The Hall–Kier alpha value is -1.55. The second-order valence-electron chi connectivity index (χ2n) is 3.98. The standard InChI is InChI=1S/C11H9ClN2O2/c12-7-2-1-6-3-4-14-9(8(6)5-7)10(15)13-11(14)16/h1-2,5,9H,3-4H2,(H,13,15,16). The Morgan fingerprint density at radius 1 is 1.38 bits per heavy atom. The first-order chi connectivity index (χ1) is 7.66. The van der Waals surface area contributed by atoms with E-state index in [1.165, 1.54) is 0 Å². The molecule has 0 bridgehead atoms. The molecule has 1 aromatic rings. The predicted octanol–water partition coefficient (Wildman–Crippen LogP) is 1.49. The number of nitrogens with zero attached hydrogens (tertiary/aromatic N) is 1. The number of carbonyl (C=O) groups is 2. The van der Waals surface area contributed by atoms with Crippen molar-refractivity contribution in [1.82, 2.24) is 10.2 Å². The minimum atomic E-state index is -0.491. The molecule has 1 aromatic carbocycles. The van der Waals surface area contributed by atoms with E-state index >= 15 is 0 Å². The Balaban J connectivity index is 2.14. The van der Waals surface area contributed by atoms with Crippen molar-refractivity contribution in [2.24, 2.45) is 0 Å². The summed E-state index contributed by atoms with van der Waals surface area (Å²) in [7, 11) is 0. The normalized spacial score (nSPS) is 22.8. The lowest BCUT2D eigenvalue weighted by molar-refractivity contribution is -0.121. The molecular formula is C11H9ClN2O2. The minimum absolute atomic E-state index is 0.256. The second-order valence-corrected chi connectivity index (χ2v) is 4.42. The molecule has 0 spiro atoms. The average Bonchev–Trinajstić information content (AvgIpc) is 2.54. The SMILES string of the molecule is O=C1NC(=O)N2CCc3ccc(Cl)cc3C12. The molecule has 2 aliphatic rings. The Kier molecular flexibility index (Phi) is 1.94. The van der Waals surface area contributed by atoms with Gasteiger partial charge in [0.1, 0.15) is 6.04 Å². The zero-order valence-electron chi connectivity index (χ0n) is 8.37. The van der Waals surface area contributed by atoms with Crippen molar-refractivity contribution in [3.8, 4) is 0 Å². The molecule has 0 aromatic heterocycles. The first-order valence-corrected chi connectivity index (χ1v) is 5.44. The maximum Gasteiger partial charge on any atom is 0.325 e. The number of hydrogen-bond acceptors (Lipinski definition) is 2. The van der Waals surface area contributed by atoms with Crippen LogP contribution in [0.3, 0.4) is 0 Å². The molecule has 1 saturated heterocycles. The number of carbonyl (C=O) groups excluding carboxylic acids is 2. The quantitative estimate of drug-likeness (QED) is 0.694. The first kappa shape index (κ1) is 9.66. The molecule has 5 heteroatoms. The number of fused-ring (bicyclic) bond motifs is 3. The topological polar surface area (TPSA) is 49.4 Å². The Morgan fingerprint density at radius 3 is 3.00 bits per heavy atom. The Morgan fingerprint density at radius 2 is 2.19 bits per heavy atom. The second kappa shape index (κ2) is 3.22. The summed E-state index contributed by atoms with van der Waals surface area (Å²) in [6, 6.07) is 4.71. The van der Waals surface area contributed by atoms with Crippen molar-refractivity contribution in [3.63, 3.8) is 0 Å². The van der Waals surface area contributed by atoms with Gasteiger partial charge in [0.05, 0.1) is 0 Å². The molecule has 82 valence electrons. The summed E-state index contributed by atoms with van der Waals surface area (Å²) in [6.07, 6.45) is 0.768. The van der Waals surface area contributed by atoms with Crippen LogP contribution in [0.1, 0.15) is 17.2 Å². The maximum atomic E-state index is 11.7. The van der Waals surface area contributed by atoms with E-state index in [0.717, 1.165) is 17.5 Å². The van der Waals surface area contributed by atoms with Gasteiger partial charge in [0.2, 0.25) is 0 Å².